The highest BCUT2D eigenvalue weighted by Gasteiger charge is 2.17. The molecule has 6 nitrogen and oxygen atoms in total. The highest BCUT2D eigenvalue weighted by atomic mass is 79.9. The van der Waals surface area contributed by atoms with Crippen LogP contribution in [0.2, 0.25) is 0 Å². The number of carbonyl (C=O) groups excluding carboxylic acids is 1. The molecule has 0 aliphatic carbocycles. The van der Waals surface area contributed by atoms with Crippen molar-refractivity contribution < 1.29 is 4.79 Å². The molecule has 0 unspecified atom stereocenters. The Hall–Kier alpha value is -2.69. The minimum absolute atomic E-state index is 0.201. The quantitative estimate of drug-likeness (QED) is 0.720. The maximum absolute atomic E-state index is 12.8. The van der Waals surface area contributed by atoms with Crippen molar-refractivity contribution in [3.8, 4) is 6.07 Å². The minimum atomic E-state index is -0.201. The van der Waals surface area contributed by atoms with E-state index in [1.165, 1.54) is 5.01 Å². The molecule has 0 spiro atoms. The van der Waals surface area contributed by atoms with Crippen LogP contribution in [-0.4, -0.2) is 22.6 Å². The molecule has 0 fully saturated rings. The van der Waals surface area contributed by atoms with Gasteiger partial charge >= 0.3 is 0 Å². The Morgan fingerprint density at radius 2 is 2.09 bits per heavy atom. The number of anilines is 1. The Labute approximate surface area is 141 Å². The van der Waals surface area contributed by atoms with Gasteiger partial charge < -0.3 is 0 Å². The fourth-order valence-electron chi connectivity index (χ4n) is 2.25. The van der Waals surface area contributed by atoms with E-state index >= 15 is 0 Å². The highest BCUT2D eigenvalue weighted by Crippen LogP contribution is 2.21. The third-order valence-corrected chi connectivity index (χ3v) is 4.01. The van der Waals surface area contributed by atoms with Crippen molar-refractivity contribution in [1.82, 2.24) is 15.0 Å². The van der Waals surface area contributed by atoms with Crippen LogP contribution in [0.1, 0.15) is 15.9 Å². The van der Waals surface area contributed by atoms with Crippen LogP contribution in [0.4, 0.5) is 5.69 Å². The van der Waals surface area contributed by atoms with Gasteiger partial charge in [0, 0.05) is 18.8 Å². The van der Waals surface area contributed by atoms with Crippen LogP contribution in [-0.2, 0) is 0 Å². The number of hydrogen-bond donors (Lipinski definition) is 1. The molecule has 2 heterocycles. The van der Waals surface area contributed by atoms with Crippen molar-refractivity contribution in [2.45, 2.75) is 0 Å². The van der Waals surface area contributed by atoms with Gasteiger partial charge in [-0.3, -0.25) is 4.79 Å². The van der Waals surface area contributed by atoms with Gasteiger partial charge in [-0.15, -0.1) is 0 Å². The number of rotatable bonds is 3. The van der Waals surface area contributed by atoms with E-state index in [2.05, 4.69) is 32.5 Å². The Morgan fingerprint density at radius 3 is 2.74 bits per heavy atom. The Balaban J connectivity index is 1.97. The summed E-state index contributed by atoms with van der Waals surface area (Å²) in [5.41, 5.74) is 5.41. The third kappa shape index (κ3) is 2.82. The zero-order valence-electron chi connectivity index (χ0n) is 12.2. The lowest BCUT2D eigenvalue weighted by Gasteiger charge is -2.21. The zero-order valence-corrected chi connectivity index (χ0v) is 13.8. The van der Waals surface area contributed by atoms with Crippen LogP contribution in [0.25, 0.3) is 5.52 Å². The summed E-state index contributed by atoms with van der Waals surface area (Å²) in [6, 6.07) is 12.3. The lowest BCUT2D eigenvalue weighted by molar-refractivity contribution is 0.0977. The first-order valence-corrected chi connectivity index (χ1v) is 7.58. The molecule has 0 saturated heterocycles. The van der Waals surface area contributed by atoms with Gasteiger partial charge in [0.25, 0.3) is 5.91 Å². The number of nitrogens with one attached hydrogen (secondary N) is 1. The second-order valence-corrected chi connectivity index (χ2v) is 5.61. The van der Waals surface area contributed by atoms with Gasteiger partial charge in [0.15, 0.2) is 0 Å². The number of hydrogen-bond acceptors (Lipinski definition) is 4. The molecule has 114 valence electrons. The maximum atomic E-state index is 12.8. The lowest BCUT2D eigenvalue weighted by atomic mass is 10.2. The van der Waals surface area contributed by atoms with Gasteiger partial charge in [-0.05, 0) is 52.3 Å². The van der Waals surface area contributed by atoms with Crippen molar-refractivity contribution in [3.63, 3.8) is 0 Å². The first kappa shape index (κ1) is 15.2. The first-order chi connectivity index (χ1) is 11.1. The van der Waals surface area contributed by atoms with Gasteiger partial charge in [0.1, 0.15) is 0 Å². The van der Waals surface area contributed by atoms with Crippen LogP contribution in [0, 0.1) is 11.3 Å². The number of amides is 1. The van der Waals surface area contributed by atoms with E-state index in [4.69, 9.17) is 5.26 Å². The summed E-state index contributed by atoms with van der Waals surface area (Å²) >= 11 is 3.41. The molecule has 3 aromatic rings. The van der Waals surface area contributed by atoms with Crippen molar-refractivity contribution in [2.24, 2.45) is 0 Å². The molecule has 2 aromatic heterocycles. The molecule has 1 amide bonds. The monoisotopic (exact) mass is 369 g/mol. The number of hydrazine groups is 1. The highest BCUT2D eigenvalue weighted by molar-refractivity contribution is 9.10. The number of fused-ring (bicyclic) bond motifs is 1. The summed E-state index contributed by atoms with van der Waals surface area (Å²) in [5, 5.41) is 14.4. The second kappa shape index (κ2) is 6.20. The van der Waals surface area contributed by atoms with Crippen LogP contribution < -0.4 is 10.4 Å². The lowest BCUT2D eigenvalue weighted by Crippen LogP contribution is -2.40. The van der Waals surface area contributed by atoms with E-state index in [0.29, 0.717) is 16.8 Å². The van der Waals surface area contributed by atoms with Gasteiger partial charge in [0.2, 0.25) is 0 Å². The average Bonchev–Trinajstić information content (AvgIpc) is 2.96. The van der Waals surface area contributed by atoms with E-state index in [1.54, 1.807) is 60.4 Å². The maximum Gasteiger partial charge on any atom is 0.272 e. The van der Waals surface area contributed by atoms with E-state index < -0.39 is 0 Å². The molecule has 0 bridgehead atoms. The molecule has 7 heteroatoms. The van der Waals surface area contributed by atoms with Crippen molar-refractivity contribution in [3.05, 3.63) is 64.4 Å². The van der Waals surface area contributed by atoms with Crippen LogP contribution in [0.5, 0.6) is 0 Å². The van der Waals surface area contributed by atoms with Crippen LogP contribution in [0.15, 0.2) is 53.3 Å². The van der Waals surface area contributed by atoms with E-state index in [1.807, 2.05) is 0 Å². The van der Waals surface area contributed by atoms with E-state index in [9.17, 15) is 4.79 Å². The topological polar surface area (TPSA) is 73.4 Å². The fourth-order valence-corrected chi connectivity index (χ4v) is 2.63. The average molecular weight is 370 g/mol. The molecule has 0 aliphatic heterocycles. The van der Waals surface area contributed by atoms with E-state index in [0.717, 1.165) is 9.99 Å². The summed E-state index contributed by atoms with van der Waals surface area (Å²) in [5.74, 6) is -0.201. The number of pyridine rings is 1. The van der Waals surface area contributed by atoms with Crippen molar-refractivity contribution >= 4 is 33.0 Å². The van der Waals surface area contributed by atoms with Gasteiger partial charge in [-0.2, -0.15) is 10.4 Å². The van der Waals surface area contributed by atoms with Crippen molar-refractivity contribution in [2.75, 3.05) is 12.1 Å². The third-order valence-electron chi connectivity index (χ3n) is 3.40. The standard InChI is InChI=1S/C16H12BrN5O/c1-19-22(13-4-2-11(9-18)3-5-13)16(23)12-6-7-21-15(8-12)14(17)10-20-21/h2-8,10,19H,1H3. The van der Waals surface area contributed by atoms with Crippen LogP contribution in [0.3, 0.4) is 0 Å². The number of nitrogens with zero attached hydrogens (tertiary/aromatic N) is 4. The van der Waals surface area contributed by atoms with E-state index in [-0.39, 0.29) is 5.91 Å². The molecule has 23 heavy (non-hydrogen) atoms. The molecule has 0 atom stereocenters. The predicted octanol–water partition coefficient (Wildman–Crippen LogP) is 2.75. The van der Waals surface area contributed by atoms with Gasteiger partial charge in [-0.25, -0.2) is 15.0 Å². The summed E-state index contributed by atoms with van der Waals surface area (Å²) in [4.78, 5) is 12.8. The molecular formula is C16H12BrN5O. The largest absolute Gasteiger partial charge is 0.272 e. The smallest absolute Gasteiger partial charge is 0.267 e. The number of benzene rings is 1. The van der Waals surface area contributed by atoms with Crippen molar-refractivity contribution in [1.29, 1.82) is 5.26 Å². The summed E-state index contributed by atoms with van der Waals surface area (Å²) in [6.07, 6.45) is 3.42. The predicted molar refractivity (Wildman–Crippen MR) is 89.9 cm³/mol. The molecule has 1 N–H and O–H groups in total. The molecule has 0 aliphatic rings. The Bertz CT molecular complexity index is 910. The number of aromatic nitrogens is 2. The molecule has 1 aromatic carbocycles. The Morgan fingerprint density at radius 1 is 1.35 bits per heavy atom. The Kier molecular flexibility index (Phi) is 4.10. The summed E-state index contributed by atoms with van der Waals surface area (Å²) < 4.78 is 2.51. The summed E-state index contributed by atoms with van der Waals surface area (Å²) in [7, 11) is 1.67. The fraction of sp³-hybridized carbons (Fsp3) is 0.0625. The minimum Gasteiger partial charge on any atom is -0.267 e. The normalized spacial score (nSPS) is 10.5. The van der Waals surface area contributed by atoms with Crippen LogP contribution >= 0.6 is 15.9 Å². The van der Waals surface area contributed by atoms with Gasteiger partial charge in [0.05, 0.1) is 33.5 Å². The second-order valence-electron chi connectivity index (χ2n) is 4.76. The number of carbonyl (C=O) groups is 1. The molecule has 3 rings (SSSR count). The SMILES string of the molecule is CNN(C(=O)c1ccn2ncc(Br)c2c1)c1ccc(C#N)cc1. The molecule has 0 saturated carbocycles. The summed E-state index contributed by atoms with van der Waals surface area (Å²) in [6.45, 7) is 0. The molecule has 0 radical (unpaired) electrons. The van der Waals surface area contributed by atoms with Gasteiger partial charge in [-0.1, -0.05) is 0 Å². The first-order valence-electron chi connectivity index (χ1n) is 6.79. The molecular weight excluding hydrogens is 358 g/mol. The zero-order chi connectivity index (χ0) is 16.4. The number of halogens is 1. The number of nitriles is 1.